The van der Waals surface area contributed by atoms with Gasteiger partial charge >= 0.3 is 0 Å². The zero-order chi connectivity index (χ0) is 15.2. The molecule has 0 saturated carbocycles. The van der Waals surface area contributed by atoms with Gasteiger partial charge in [0, 0.05) is 23.8 Å². The Morgan fingerprint density at radius 3 is 2.05 bits per heavy atom. The summed E-state index contributed by atoms with van der Waals surface area (Å²) in [4.78, 5) is 12.1. The first-order valence-electron chi connectivity index (χ1n) is 7.44. The molecule has 0 amide bonds. The van der Waals surface area contributed by atoms with Gasteiger partial charge < -0.3 is 0 Å². The summed E-state index contributed by atoms with van der Waals surface area (Å²) in [7, 11) is 0. The van der Waals surface area contributed by atoms with Crippen molar-refractivity contribution in [3.8, 4) is 0 Å². The van der Waals surface area contributed by atoms with Crippen LogP contribution >= 0.6 is 11.6 Å². The van der Waals surface area contributed by atoms with Gasteiger partial charge in [0.15, 0.2) is 0 Å². The molecule has 2 heteroatoms. The number of ketones is 1. The summed E-state index contributed by atoms with van der Waals surface area (Å²) >= 11 is 5.97. The van der Waals surface area contributed by atoms with Gasteiger partial charge in [0.1, 0.15) is 5.78 Å². The fraction of sp³-hybridized carbons (Fsp3) is 0.316. The van der Waals surface area contributed by atoms with Crippen molar-refractivity contribution in [1.29, 1.82) is 0 Å². The van der Waals surface area contributed by atoms with Crippen molar-refractivity contribution in [3.63, 3.8) is 0 Å². The third-order valence-corrected chi connectivity index (χ3v) is 3.96. The van der Waals surface area contributed by atoms with Crippen LogP contribution in [0, 0.1) is 6.92 Å². The minimum absolute atomic E-state index is 0.113. The van der Waals surface area contributed by atoms with Crippen molar-refractivity contribution < 1.29 is 4.79 Å². The quantitative estimate of drug-likeness (QED) is 0.684. The highest BCUT2D eigenvalue weighted by atomic mass is 35.5. The maximum atomic E-state index is 12.1. The second kappa shape index (κ2) is 7.42. The lowest BCUT2D eigenvalue weighted by molar-refractivity contribution is -0.119. The molecule has 0 aliphatic rings. The molecule has 21 heavy (non-hydrogen) atoms. The number of Topliss-reactive ketones (excluding diaryl/α,β-unsaturated/α-hetero) is 1. The molecule has 1 unspecified atom stereocenters. The van der Waals surface area contributed by atoms with Gasteiger partial charge in [0.05, 0.1) is 0 Å². The summed E-state index contributed by atoms with van der Waals surface area (Å²) in [6.07, 6.45) is 2.11. The van der Waals surface area contributed by atoms with E-state index in [1.165, 1.54) is 11.1 Å². The van der Waals surface area contributed by atoms with Crippen LogP contribution in [0.3, 0.4) is 0 Å². The Hall–Kier alpha value is -1.60. The van der Waals surface area contributed by atoms with Crippen LogP contribution in [-0.2, 0) is 4.79 Å². The van der Waals surface area contributed by atoms with E-state index in [-0.39, 0.29) is 5.92 Å². The molecular weight excluding hydrogens is 280 g/mol. The van der Waals surface area contributed by atoms with Crippen molar-refractivity contribution in [1.82, 2.24) is 0 Å². The van der Waals surface area contributed by atoms with Crippen molar-refractivity contribution >= 4 is 17.4 Å². The first kappa shape index (κ1) is 15.8. The number of hydrogen-bond acceptors (Lipinski definition) is 1. The Morgan fingerprint density at radius 2 is 1.52 bits per heavy atom. The maximum absolute atomic E-state index is 12.1. The lowest BCUT2D eigenvalue weighted by Crippen LogP contribution is -2.08. The maximum Gasteiger partial charge on any atom is 0.133 e. The van der Waals surface area contributed by atoms with E-state index < -0.39 is 0 Å². The van der Waals surface area contributed by atoms with E-state index in [4.69, 9.17) is 11.6 Å². The molecule has 2 aromatic rings. The monoisotopic (exact) mass is 300 g/mol. The Morgan fingerprint density at radius 1 is 1.00 bits per heavy atom. The van der Waals surface area contributed by atoms with Crippen LogP contribution in [0.4, 0.5) is 0 Å². The molecule has 0 N–H and O–H groups in total. The number of carbonyl (C=O) groups excluding carboxylic acids is 1. The molecule has 1 nitrogen and oxygen atoms in total. The van der Waals surface area contributed by atoms with Crippen molar-refractivity contribution in [2.45, 2.75) is 39.0 Å². The average Bonchev–Trinajstić information content (AvgIpc) is 2.47. The normalized spacial score (nSPS) is 12.1. The van der Waals surface area contributed by atoms with Crippen molar-refractivity contribution in [2.24, 2.45) is 0 Å². The van der Waals surface area contributed by atoms with Crippen LogP contribution in [0.25, 0.3) is 0 Å². The van der Waals surface area contributed by atoms with E-state index in [0.29, 0.717) is 18.6 Å². The van der Waals surface area contributed by atoms with Gasteiger partial charge in [0.2, 0.25) is 0 Å². The van der Waals surface area contributed by atoms with Crippen LogP contribution in [0.15, 0.2) is 48.5 Å². The first-order chi connectivity index (χ1) is 10.1. The van der Waals surface area contributed by atoms with Crippen LogP contribution in [0.2, 0.25) is 5.02 Å². The molecule has 2 aromatic carbocycles. The largest absolute Gasteiger partial charge is 0.300 e. The van der Waals surface area contributed by atoms with Gasteiger partial charge in [-0.3, -0.25) is 4.79 Å². The predicted molar refractivity (Wildman–Crippen MR) is 89.0 cm³/mol. The summed E-state index contributed by atoms with van der Waals surface area (Å²) in [5, 5.41) is 0.723. The van der Waals surface area contributed by atoms with E-state index in [1.807, 2.05) is 31.2 Å². The third kappa shape index (κ3) is 4.44. The second-order valence-electron chi connectivity index (χ2n) is 5.51. The number of rotatable bonds is 6. The highest BCUT2D eigenvalue weighted by Crippen LogP contribution is 2.30. The summed E-state index contributed by atoms with van der Waals surface area (Å²) in [6, 6.07) is 16.3. The molecule has 0 aliphatic heterocycles. The lowest BCUT2D eigenvalue weighted by atomic mass is 9.86. The van der Waals surface area contributed by atoms with Crippen LogP contribution in [0.1, 0.15) is 48.8 Å². The Bertz CT molecular complexity index is 538. The third-order valence-electron chi connectivity index (χ3n) is 3.71. The number of halogens is 1. The van der Waals surface area contributed by atoms with E-state index in [1.54, 1.807) is 0 Å². The molecule has 0 spiro atoms. The van der Waals surface area contributed by atoms with Crippen molar-refractivity contribution in [3.05, 3.63) is 70.2 Å². The molecule has 0 aromatic heterocycles. The molecule has 110 valence electrons. The standard InChI is InChI=1S/C19H21ClO/c1-3-4-18(21)13-19(15-7-5-14(2)6-8-15)16-9-11-17(20)12-10-16/h5-12,19H,3-4,13H2,1-2H3. The Kier molecular flexibility index (Phi) is 5.58. The van der Waals surface area contributed by atoms with E-state index in [9.17, 15) is 4.79 Å². The Labute approximate surface area is 132 Å². The zero-order valence-corrected chi connectivity index (χ0v) is 13.4. The molecule has 0 radical (unpaired) electrons. The smallest absolute Gasteiger partial charge is 0.133 e. The van der Waals surface area contributed by atoms with Crippen LogP contribution in [0.5, 0.6) is 0 Å². The van der Waals surface area contributed by atoms with Gasteiger partial charge in [0.25, 0.3) is 0 Å². The summed E-state index contributed by atoms with van der Waals surface area (Å²) in [6.45, 7) is 4.12. The fourth-order valence-electron chi connectivity index (χ4n) is 2.53. The predicted octanol–water partition coefficient (Wildman–Crippen LogP) is 5.54. The molecule has 2 rings (SSSR count). The van der Waals surface area contributed by atoms with Crippen molar-refractivity contribution in [2.75, 3.05) is 0 Å². The van der Waals surface area contributed by atoms with E-state index in [2.05, 4.69) is 31.2 Å². The summed E-state index contributed by atoms with van der Waals surface area (Å²) in [5.74, 6) is 0.431. The minimum atomic E-state index is 0.113. The second-order valence-corrected chi connectivity index (χ2v) is 5.94. The molecule has 0 fully saturated rings. The fourth-order valence-corrected chi connectivity index (χ4v) is 2.66. The van der Waals surface area contributed by atoms with Gasteiger partial charge in [-0.1, -0.05) is 60.5 Å². The van der Waals surface area contributed by atoms with Gasteiger partial charge in [-0.05, 0) is 36.6 Å². The molecule has 0 saturated heterocycles. The lowest BCUT2D eigenvalue weighted by Gasteiger charge is -2.18. The molecule has 0 bridgehead atoms. The van der Waals surface area contributed by atoms with E-state index >= 15 is 0 Å². The highest BCUT2D eigenvalue weighted by Gasteiger charge is 2.17. The van der Waals surface area contributed by atoms with Crippen LogP contribution in [-0.4, -0.2) is 5.78 Å². The minimum Gasteiger partial charge on any atom is -0.300 e. The van der Waals surface area contributed by atoms with E-state index in [0.717, 1.165) is 17.0 Å². The Balaban J connectivity index is 2.31. The molecule has 0 aliphatic carbocycles. The van der Waals surface area contributed by atoms with Gasteiger partial charge in [-0.25, -0.2) is 0 Å². The van der Waals surface area contributed by atoms with Crippen LogP contribution < -0.4 is 0 Å². The SMILES string of the molecule is CCCC(=O)CC(c1ccc(C)cc1)c1ccc(Cl)cc1. The topological polar surface area (TPSA) is 17.1 Å². The first-order valence-corrected chi connectivity index (χ1v) is 7.81. The molecular formula is C19H21ClO. The zero-order valence-electron chi connectivity index (χ0n) is 12.6. The number of benzene rings is 2. The summed E-state index contributed by atoms with van der Waals surface area (Å²) in [5.41, 5.74) is 3.56. The number of aryl methyl sites for hydroxylation is 1. The number of hydrogen-bond donors (Lipinski definition) is 0. The highest BCUT2D eigenvalue weighted by molar-refractivity contribution is 6.30. The average molecular weight is 301 g/mol. The van der Waals surface area contributed by atoms with Gasteiger partial charge in [-0.15, -0.1) is 0 Å². The van der Waals surface area contributed by atoms with Gasteiger partial charge in [-0.2, -0.15) is 0 Å². The number of carbonyl (C=O) groups is 1. The molecule has 0 heterocycles. The molecule has 1 atom stereocenters. The summed E-state index contributed by atoms with van der Waals surface area (Å²) < 4.78 is 0.